The quantitative estimate of drug-likeness (QED) is 0.930. The van der Waals surface area contributed by atoms with E-state index in [4.69, 9.17) is 0 Å². The van der Waals surface area contributed by atoms with E-state index in [1.807, 2.05) is 0 Å². The van der Waals surface area contributed by atoms with Crippen LogP contribution in [0.3, 0.4) is 0 Å². The molecule has 0 radical (unpaired) electrons. The van der Waals surface area contributed by atoms with Crippen LogP contribution in [0.4, 0.5) is 13.2 Å². The fourth-order valence-corrected chi connectivity index (χ4v) is 2.22. The first kappa shape index (κ1) is 13.8. The van der Waals surface area contributed by atoms with Crippen LogP contribution in [0.5, 0.6) is 0 Å². The summed E-state index contributed by atoms with van der Waals surface area (Å²) < 4.78 is 39.0. The molecule has 0 aliphatic heterocycles. The van der Waals surface area contributed by atoms with Gasteiger partial charge < -0.3 is 5.32 Å². The third kappa shape index (κ3) is 3.29. The number of tetrazole rings is 1. The summed E-state index contributed by atoms with van der Waals surface area (Å²) >= 11 is 0. The van der Waals surface area contributed by atoms with Crippen molar-refractivity contribution in [2.45, 2.75) is 31.5 Å². The maximum Gasteiger partial charge on any atom is 0.391 e. The lowest BCUT2D eigenvalue weighted by Gasteiger charge is -2.19. The lowest BCUT2D eigenvalue weighted by Crippen LogP contribution is -2.39. The first-order chi connectivity index (χ1) is 9.92. The van der Waals surface area contributed by atoms with Crippen LogP contribution < -0.4 is 5.32 Å². The van der Waals surface area contributed by atoms with Gasteiger partial charge >= 0.3 is 6.18 Å². The van der Waals surface area contributed by atoms with Gasteiger partial charge in [0.25, 0.3) is 5.91 Å². The number of halogens is 3. The van der Waals surface area contributed by atoms with Gasteiger partial charge in [-0.05, 0) is 41.3 Å². The van der Waals surface area contributed by atoms with E-state index in [9.17, 15) is 18.0 Å². The van der Waals surface area contributed by atoms with Crippen LogP contribution in [-0.4, -0.2) is 38.2 Å². The fraction of sp³-hybridized carbons (Fsp3) is 0.500. The maximum absolute atomic E-state index is 12.5. The molecular formula is C12H12F3N5O. The van der Waals surface area contributed by atoms with Gasteiger partial charge in [0.15, 0.2) is 5.65 Å². The number of carbonyl (C=O) groups is 1. The van der Waals surface area contributed by atoms with Crippen molar-refractivity contribution in [2.75, 3.05) is 0 Å². The molecule has 2 aromatic rings. The van der Waals surface area contributed by atoms with Crippen molar-refractivity contribution in [1.29, 1.82) is 0 Å². The van der Waals surface area contributed by atoms with E-state index < -0.39 is 24.5 Å². The highest BCUT2D eigenvalue weighted by atomic mass is 19.4. The minimum atomic E-state index is -4.29. The molecule has 6 nitrogen and oxygen atoms in total. The van der Waals surface area contributed by atoms with E-state index in [0.717, 1.165) is 0 Å². The zero-order chi connectivity index (χ0) is 15.0. The highest BCUT2D eigenvalue weighted by Gasteiger charge is 2.40. The summed E-state index contributed by atoms with van der Waals surface area (Å²) in [5.41, 5.74) is 0.603. The molecule has 1 saturated carbocycles. The van der Waals surface area contributed by atoms with Gasteiger partial charge in [-0.25, -0.2) is 4.52 Å². The molecule has 1 N–H and O–H groups in total. The molecular weight excluding hydrogens is 287 g/mol. The Kier molecular flexibility index (Phi) is 3.26. The first-order valence-corrected chi connectivity index (χ1v) is 6.48. The number of fused-ring (bicyclic) bond motifs is 1. The Balaban J connectivity index is 1.74. The minimum Gasteiger partial charge on any atom is -0.349 e. The third-order valence-corrected chi connectivity index (χ3v) is 3.42. The van der Waals surface area contributed by atoms with Crippen LogP contribution in [0.25, 0.3) is 5.65 Å². The van der Waals surface area contributed by atoms with Gasteiger partial charge in [0.2, 0.25) is 0 Å². The molecule has 9 heteroatoms. The standard InChI is InChI=1S/C12H12F3N5O/c13-12(14,15)6-9(7-1-2-7)16-11(21)8-3-4-20-10(5-8)17-18-19-20/h3-5,7,9H,1-2,6H2,(H,16,21)/t9-/m0/s1. The summed E-state index contributed by atoms with van der Waals surface area (Å²) in [6.45, 7) is 0. The fourth-order valence-electron chi connectivity index (χ4n) is 2.22. The Labute approximate surface area is 117 Å². The predicted octanol–water partition coefficient (Wildman–Crippen LogP) is 1.59. The van der Waals surface area contributed by atoms with Crippen LogP contribution in [-0.2, 0) is 0 Å². The highest BCUT2D eigenvalue weighted by Crippen LogP contribution is 2.37. The second kappa shape index (κ2) is 4.97. The molecule has 0 spiro atoms. The van der Waals surface area contributed by atoms with E-state index in [1.165, 1.54) is 22.8 Å². The largest absolute Gasteiger partial charge is 0.391 e. The van der Waals surface area contributed by atoms with Crippen molar-refractivity contribution in [2.24, 2.45) is 5.92 Å². The minimum absolute atomic E-state index is 0.0888. The van der Waals surface area contributed by atoms with Gasteiger partial charge in [-0.3, -0.25) is 4.79 Å². The zero-order valence-corrected chi connectivity index (χ0v) is 10.8. The van der Waals surface area contributed by atoms with E-state index in [0.29, 0.717) is 18.5 Å². The second-order valence-corrected chi connectivity index (χ2v) is 5.13. The molecule has 0 aromatic carbocycles. The molecule has 0 saturated heterocycles. The number of nitrogens with one attached hydrogen (secondary N) is 1. The van der Waals surface area contributed by atoms with Crippen molar-refractivity contribution in [3.05, 3.63) is 23.9 Å². The first-order valence-electron chi connectivity index (χ1n) is 6.48. The Morgan fingerprint density at radius 3 is 2.90 bits per heavy atom. The Morgan fingerprint density at radius 2 is 2.24 bits per heavy atom. The lowest BCUT2D eigenvalue weighted by atomic mass is 10.1. The molecule has 21 heavy (non-hydrogen) atoms. The normalized spacial score (nSPS) is 16.9. The number of hydrogen-bond acceptors (Lipinski definition) is 4. The molecule has 0 bridgehead atoms. The SMILES string of the molecule is O=C(N[C@@H](CC(F)(F)F)C1CC1)c1ccn2nnnc2c1. The number of pyridine rings is 1. The Bertz CT molecular complexity index is 664. The van der Waals surface area contributed by atoms with Gasteiger partial charge in [0, 0.05) is 17.8 Å². The van der Waals surface area contributed by atoms with Crippen LogP contribution in [0.15, 0.2) is 18.3 Å². The predicted molar refractivity (Wildman–Crippen MR) is 65.4 cm³/mol. The number of alkyl halides is 3. The topological polar surface area (TPSA) is 72.2 Å². The average molecular weight is 299 g/mol. The molecule has 0 unspecified atom stereocenters. The van der Waals surface area contributed by atoms with Crippen LogP contribution in [0.2, 0.25) is 0 Å². The van der Waals surface area contributed by atoms with Crippen LogP contribution >= 0.6 is 0 Å². The van der Waals surface area contributed by atoms with Gasteiger partial charge in [-0.1, -0.05) is 0 Å². The van der Waals surface area contributed by atoms with Crippen molar-refractivity contribution in [3.63, 3.8) is 0 Å². The van der Waals surface area contributed by atoms with Gasteiger partial charge in [-0.15, -0.1) is 5.10 Å². The summed E-state index contributed by atoms with van der Waals surface area (Å²) in [4.78, 5) is 12.1. The number of nitrogens with zero attached hydrogens (tertiary/aromatic N) is 4. The monoisotopic (exact) mass is 299 g/mol. The zero-order valence-electron chi connectivity index (χ0n) is 10.8. The summed E-state index contributed by atoms with van der Waals surface area (Å²) in [5, 5.41) is 13.2. The summed E-state index contributed by atoms with van der Waals surface area (Å²) in [5.74, 6) is -0.629. The maximum atomic E-state index is 12.5. The van der Waals surface area contributed by atoms with Gasteiger partial charge in [0.05, 0.1) is 6.42 Å². The van der Waals surface area contributed by atoms with E-state index >= 15 is 0 Å². The molecule has 1 atom stereocenters. The molecule has 1 amide bonds. The lowest BCUT2D eigenvalue weighted by molar-refractivity contribution is -0.140. The molecule has 2 aromatic heterocycles. The van der Waals surface area contributed by atoms with E-state index in [-0.39, 0.29) is 11.5 Å². The Morgan fingerprint density at radius 1 is 1.48 bits per heavy atom. The molecule has 1 fully saturated rings. The van der Waals surface area contributed by atoms with Crippen molar-refractivity contribution >= 4 is 11.6 Å². The molecule has 1 aliphatic carbocycles. The molecule has 2 heterocycles. The number of carbonyl (C=O) groups excluding carboxylic acids is 1. The summed E-state index contributed by atoms with van der Waals surface area (Å²) in [7, 11) is 0. The Hall–Kier alpha value is -2.19. The molecule has 1 aliphatic rings. The average Bonchev–Trinajstić information content (AvgIpc) is 3.14. The van der Waals surface area contributed by atoms with Crippen molar-refractivity contribution < 1.29 is 18.0 Å². The summed E-state index contributed by atoms with van der Waals surface area (Å²) in [6, 6.07) is 2.04. The number of rotatable bonds is 4. The number of amides is 1. The third-order valence-electron chi connectivity index (χ3n) is 3.42. The molecule has 112 valence electrons. The highest BCUT2D eigenvalue weighted by molar-refractivity contribution is 5.95. The van der Waals surface area contributed by atoms with E-state index in [2.05, 4.69) is 20.8 Å². The molecule has 3 rings (SSSR count). The van der Waals surface area contributed by atoms with Crippen molar-refractivity contribution in [3.8, 4) is 0 Å². The second-order valence-electron chi connectivity index (χ2n) is 5.13. The number of aromatic nitrogens is 4. The van der Waals surface area contributed by atoms with Crippen molar-refractivity contribution in [1.82, 2.24) is 25.4 Å². The van der Waals surface area contributed by atoms with E-state index in [1.54, 1.807) is 0 Å². The van der Waals surface area contributed by atoms with Crippen LogP contribution in [0, 0.1) is 5.92 Å². The van der Waals surface area contributed by atoms with Gasteiger partial charge in [-0.2, -0.15) is 13.2 Å². The summed E-state index contributed by atoms with van der Waals surface area (Å²) in [6.07, 6.45) is -2.37. The van der Waals surface area contributed by atoms with Crippen LogP contribution in [0.1, 0.15) is 29.6 Å². The smallest absolute Gasteiger partial charge is 0.349 e. The van der Waals surface area contributed by atoms with Gasteiger partial charge in [0.1, 0.15) is 0 Å². The number of hydrogen-bond donors (Lipinski definition) is 1.